The van der Waals surface area contributed by atoms with Gasteiger partial charge < -0.3 is 9.47 Å². The van der Waals surface area contributed by atoms with E-state index in [0.717, 1.165) is 25.7 Å². The van der Waals surface area contributed by atoms with Gasteiger partial charge in [0.2, 0.25) is 0 Å². The first-order valence-corrected chi connectivity index (χ1v) is 18.2. The molecule has 0 spiro atoms. The first kappa shape index (κ1) is 35.2. The normalized spacial score (nSPS) is 10.4. The number of unbranched alkanes of at least 4 members (excludes halogenated alkanes) is 11. The van der Waals surface area contributed by atoms with Crippen LogP contribution in [0.5, 0.6) is 0 Å². The SMILES string of the molecule is CCCCCCCCOC(=O)CCCCC(=O)OCCCCCCCC.c1cc[c]([Sn][c]2ccccc2)cc1. The fraction of sp³-hybridized carbons (Fsp3) is 0.588. The molecular formula is C34H52O4Sn. The van der Waals surface area contributed by atoms with E-state index >= 15 is 0 Å². The van der Waals surface area contributed by atoms with E-state index in [0.29, 0.717) is 38.9 Å². The van der Waals surface area contributed by atoms with Crippen LogP contribution in [0.15, 0.2) is 60.7 Å². The third-order valence-corrected chi connectivity index (χ3v) is 9.92. The summed E-state index contributed by atoms with van der Waals surface area (Å²) in [7, 11) is 0. The summed E-state index contributed by atoms with van der Waals surface area (Å²) < 4.78 is 13.5. The summed E-state index contributed by atoms with van der Waals surface area (Å²) in [6, 6.07) is 21.6. The van der Waals surface area contributed by atoms with Gasteiger partial charge >= 0.3 is 101 Å². The Morgan fingerprint density at radius 1 is 0.513 bits per heavy atom. The second-order valence-corrected chi connectivity index (χ2v) is 14.0. The Morgan fingerprint density at radius 3 is 1.26 bits per heavy atom. The summed E-state index contributed by atoms with van der Waals surface area (Å²) in [6.45, 7) is 5.48. The molecule has 4 nitrogen and oxygen atoms in total. The van der Waals surface area contributed by atoms with Crippen LogP contribution in [0.2, 0.25) is 0 Å². The van der Waals surface area contributed by atoms with Gasteiger partial charge in [0.25, 0.3) is 0 Å². The maximum atomic E-state index is 11.6. The molecule has 0 unspecified atom stereocenters. The second kappa shape index (κ2) is 26.4. The van der Waals surface area contributed by atoms with Crippen LogP contribution in [-0.2, 0) is 19.1 Å². The Morgan fingerprint density at radius 2 is 0.872 bits per heavy atom. The van der Waals surface area contributed by atoms with Gasteiger partial charge in [0.1, 0.15) is 0 Å². The van der Waals surface area contributed by atoms with Crippen molar-refractivity contribution in [2.75, 3.05) is 13.2 Å². The molecule has 5 heteroatoms. The molecule has 0 amide bonds. The van der Waals surface area contributed by atoms with Crippen LogP contribution in [0, 0.1) is 0 Å². The number of esters is 2. The molecule has 2 radical (unpaired) electrons. The Hall–Kier alpha value is -1.82. The number of ether oxygens (including phenoxy) is 2. The van der Waals surface area contributed by atoms with Crippen LogP contribution in [0.3, 0.4) is 0 Å². The average Bonchev–Trinajstić information content (AvgIpc) is 2.96. The fourth-order valence-electron chi connectivity index (χ4n) is 4.03. The molecule has 0 saturated heterocycles. The summed E-state index contributed by atoms with van der Waals surface area (Å²) >= 11 is -0.517. The molecule has 0 N–H and O–H groups in total. The van der Waals surface area contributed by atoms with Crippen LogP contribution in [0.4, 0.5) is 0 Å². The Balaban J connectivity index is 0.000000480. The number of rotatable bonds is 21. The molecule has 0 fully saturated rings. The topological polar surface area (TPSA) is 52.6 Å². The molecular weight excluding hydrogens is 591 g/mol. The molecule has 2 aromatic carbocycles. The van der Waals surface area contributed by atoms with Crippen molar-refractivity contribution < 1.29 is 19.1 Å². The van der Waals surface area contributed by atoms with Crippen LogP contribution in [-0.4, -0.2) is 46.3 Å². The van der Waals surface area contributed by atoms with Crippen molar-refractivity contribution in [3.63, 3.8) is 0 Å². The van der Waals surface area contributed by atoms with Crippen molar-refractivity contribution in [1.29, 1.82) is 0 Å². The Labute approximate surface area is 248 Å². The molecule has 0 heterocycles. The van der Waals surface area contributed by atoms with E-state index in [1.165, 1.54) is 58.5 Å². The van der Waals surface area contributed by atoms with E-state index < -0.39 is 21.1 Å². The zero-order valence-electron chi connectivity index (χ0n) is 24.6. The third-order valence-electron chi connectivity index (χ3n) is 6.37. The number of carbonyl (C=O) groups excluding carboxylic acids is 2. The molecule has 0 aliphatic heterocycles. The molecule has 2 rings (SSSR count). The van der Waals surface area contributed by atoms with E-state index in [9.17, 15) is 9.59 Å². The van der Waals surface area contributed by atoms with Crippen molar-refractivity contribution in [2.24, 2.45) is 0 Å². The van der Waals surface area contributed by atoms with Gasteiger partial charge in [-0.25, -0.2) is 0 Å². The van der Waals surface area contributed by atoms with Crippen LogP contribution >= 0.6 is 0 Å². The zero-order valence-corrected chi connectivity index (χ0v) is 27.5. The summed E-state index contributed by atoms with van der Waals surface area (Å²) in [5, 5.41) is 0. The van der Waals surface area contributed by atoms with E-state index in [4.69, 9.17) is 9.47 Å². The number of hydrogen-bond donors (Lipinski definition) is 0. The second-order valence-electron chi connectivity index (χ2n) is 10.0. The summed E-state index contributed by atoms with van der Waals surface area (Å²) in [6.07, 6.45) is 16.5. The summed E-state index contributed by atoms with van der Waals surface area (Å²) in [4.78, 5) is 23.2. The Bertz CT molecular complexity index is 756. The monoisotopic (exact) mass is 644 g/mol. The van der Waals surface area contributed by atoms with Crippen LogP contribution in [0.25, 0.3) is 0 Å². The van der Waals surface area contributed by atoms with Crippen molar-refractivity contribution in [3.8, 4) is 0 Å². The minimum absolute atomic E-state index is 0.140. The van der Waals surface area contributed by atoms with Crippen molar-refractivity contribution >= 4 is 40.2 Å². The summed E-state index contributed by atoms with van der Waals surface area (Å²) in [5.41, 5.74) is 0. The van der Waals surface area contributed by atoms with Gasteiger partial charge in [0, 0.05) is 12.8 Å². The summed E-state index contributed by atoms with van der Waals surface area (Å²) in [5.74, 6) is -0.280. The molecule has 0 aliphatic rings. The minimum atomic E-state index is -0.517. The van der Waals surface area contributed by atoms with Gasteiger partial charge in [-0.3, -0.25) is 9.59 Å². The molecule has 0 bridgehead atoms. The third kappa shape index (κ3) is 22.7. The van der Waals surface area contributed by atoms with Crippen molar-refractivity contribution in [1.82, 2.24) is 0 Å². The molecule has 39 heavy (non-hydrogen) atoms. The standard InChI is InChI=1S/C22H42O4.2C6H5.Sn/c1-3-5-7-9-11-15-19-25-21(23)17-13-14-18-22(24)26-20-16-12-10-8-6-4-2;2*1-2-4-6-5-3-1;/h3-20H2,1-2H3;2*1-5H;. The van der Waals surface area contributed by atoms with E-state index in [2.05, 4.69) is 74.5 Å². The maximum absolute atomic E-state index is 11.6. The van der Waals surface area contributed by atoms with Gasteiger partial charge in [-0.1, -0.05) is 78.1 Å². The zero-order chi connectivity index (χ0) is 28.2. The van der Waals surface area contributed by atoms with E-state index in [1.807, 2.05) is 0 Å². The van der Waals surface area contributed by atoms with Gasteiger partial charge in [-0.15, -0.1) is 0 Å². The first-order chi connectivity index (χ1) is 19.2. The first-order valence-electron chi connectivity index (χ1n) is 15.3. The number of carbonyl (C=O) groups is 2. The van der Waals surface area contributed by atoms with Gasteiger partial charge in [0.05, 0.1) is 13.2 Å². The van der Waals surface area contributed by atoms with Crippen molar-refractivity contribution in [2.45, 2.75) is 117 Å². The molecule has 2 aromatic rings. The molecule has 0 aliphatic carbocycles. The molecule has 0 atom stereocenters. The average molecular weight is 643 g/mol. The fourth-order valence-corrected chi connectivity index (χ4v) is 7.03. The quantitative estimate of drug-likeness (QED) is 0.0796. The van der Waals surface area contributed by atoms with Crippen LogP contribution < -0.4 is 7.16 Å². The molecule has 0 aromatic heterocycles. The number of benzene rings is 2. The van der Waals surface area contributed by atoms with Crippen molar-refractivity contribution in [3.05, 3.63) is 60.7 Å². The van der Waals surface area contributed by atoms with Gasteiger partial charge in [-0.05, 0) is 25.7 Å². The van der Waals surface area contributed by atoms with Crippen LogP contribution in [0.1, 0.15) is 117 Å². The number of hydrogen-bond acceptors (Lipinski definition) is 4. The van der Waals surface area contributed by atoms with E-state index in [-0.39, 0.29) is 11.9 Å². The molecule has 216 valence electrons. The predicted octanol–water partition coefficient (Wildman–Crippen LogP) is 7.70. The van der Waals surface area contributed by atoms with Gasteiger partial charge in [-0.2, -0.15) is 0 Å². The van der Waals surface area contributed by atoms with E-state index in [1.54, 1.807) is 0 Å². The Kier molecular flexibility index (Phi) is 23.8. The van der Waals surface area contributed by atoms with Gasteiger partial charge in [0.15, 0.2) is 0 Å². The molecule has 0 saturated carbocycles. The predicted molar refractivity (Wildman–Crippen MR) is 165 cm³/mol.